The van der Waals surface area contributed by atoms with Gasteiger partial charge in [0, 0.05) is 35.5 Å². The van der Waals surface area contributed by atoms with E-state index in [0.717, 1.165) is 29.5 Å². The minimum Gasteiger partial charge on any atom is -0.396 e. The van der Waals surface area contributed by atoms with Gasteiger partial charge in [0.25, 0.3) is 0 Å². The van der Waals surface area contributed by atoms with Gasteiger partial charge in [-0.15, -0.1) is 0 Å². The molecule has 2 unspecified atom stereocenters. The Morgan fingerprint density at radius 3 is 2.75 bits per heavy atom. The highest BCUT2D eigenvalue weighted by atomic mass is 35.5. The number of aliphatic hydroxyl groups is 1. The third-order valence-corrected chi connectivity index (χ3v) is 5.94. The lowest BCUT2D eigenvalue weighted by atomic mass is 9.80. The molecule has 0 saturated heterocycles. The van der Waals surface area contributed by atoms with Gasteiger partial charge in [-0.1, -0.05) is 48.9 Å². The van der Waals surface area contributed by atoms with E-state index in [1.165, 1.54) is 22.4 Å². The summed E-state index contributed by atoms with van der Waals surface area (Å²) >= 11 is 7.99. The van der Waals surface area contributed by atoms with Crippen LogP contribution in [-0.2, 0) is 5.75 Å². The molecule has 0 aromatic heterocycles. The zero-order chi connectivity index (χ0) is 16.9. The summed E-state index contributed by atoms with van der Waals surface area (Å²) in [5, 5.41) is 14.0. The monoisotopic (exact) mass is 361 g/mol. The first-order valence-electron chi connectivity index (χ1n) is 8.54. The number of halogens is 1. The Balaban J connectivity index is 1.91. The Hall–Kier alpha value is -1.16. The summed E-state index contributed by atoms with van der Waals surface area (Å²) in [6.45, 7) is 3.32. The number of thioether (sulfide) groups is 1. The highest BCUT2D eigenvalue weighted by molar-refractivity contribution is 7.98. The topological polar surface area (TPSA) is 32.3 Å². The molecule has 0 amide bonds. The Kier molecular flexibility index (Phi) is 6.09. The number of benzene rings is 2. The standard InChI is InChI=1S/C20H24ClNOS/c1-2-24-13-15-4-3-5-18-19(12-22-20(15)18)17(10-11-23)14-6-8-16(21)9-7-14/h3-9,17,19,22-23H,2,10-13H2,1H3. The summed E-state index contributed by atoms with van der Waals surface area (Å²) in [6, 6.07) is 14.7. The lowest BCUT2D eigenvalue weighted by molar-refractivity contribution is 0.269. The molecule has 0 fully saturated rings. The number of hydrogen-bond donors (Lipinski definition) is 2. The molecule has 1 heterocycles. The van der Waals surface area contributed by atoms with Crippen LogP contribution >= 0.6 is 23.4 Å². The molecule has 2 N–H and O–H groups in total. The predicted molar refractivity (Wildman–Crippen MR) is 105 cm³/mol. The van der Waals surface area contributed by atoms with Crippen LogP contribution in [0.15, 0.2) is 42.5 Å². The molecular weight excluding hydrogens is 338 g/mol. The Morgan fingerprint density at radius 2 is 2.04 bits per heavy atom. The van der Waals surface area contributed by atoms with Gasteiger partial charge in [0.1, 0.15) is 0 Å². The molecule has 2 aromatic carbocycles. The molecule has 0 aliphatic carbocycles. The molecule has 2 nitrogen and oxygen atoms in total. The summed E-state index contributed by atoms with van der Waals surface area (Å²) in [4.78, 5) is 0. The molecule has 3 rings (SSSR count). The zero-order valence-electron chi connectivity index (χ0n) is 14.0. The molecule has 4 heteroatoms. The first-order valence-corrected chi connectivity index (χ1v) is 10.1. The van der Waals surface area contributed by atoms with Crippen LogP contribution in [0.4, 0.5) is 5.69 Å². The molecule has 0 bridgehead atoms. The first kappa shape index (κ1) is 17.7. The van der Waals surface area contributed by atoms with Crippen molar-refractivity contribution in [3.05, 3.63) is 64.2 Å². The first-order chi connectivity index (χ1) is 11.7. The van der Waals surface area contributed by atoms with Gasteiger partial charge < -0.3 is 10.4 Å². The van der Waals surface area contributed by atoms with E-state index in [1.807, 2.05) is 23.9 Å². The van der Waals surface area contributed by atoms with Crippen molar-refractivity contribution in [1.29, 1.82) is 0 Å². The van der Waals surface area contributed by atoms with Crippen molar-refractivity contribution >= 4 is 29.1 Å². The summed E-state index contributed by atoms with van der Waals surface area (Å²) in [5.41, 5.74) is 5.33. The number of anilines is 1. The summed E-state index contributed by atoms with van der Waals surface area (Å²) in [6.07, 6.45) is 0.765. The van der Waals surface area contributed by atoms with Crippen molar-refractivity contribution in [2.75, 3.05) is 24.2 Å². The van der Waals surface area contributed by atoms with E-state index in [0.29, 0.717) is 11.8 Å². The second kappa shape index (κ2) is 8.28. The Labute approximate surface area is 153 Å². The Bertz CT molecular complexity index is 674. The molecule has 0 saturated carbocycles. The maximum atomic E-state index is 9.58. The van der Waals surface area contributed by atoms with Gasteiger partial charge in [-0.2, -0.15) is 11.8 Å². The number of fused-ring (bicyclic) bond motifs is 1. The van der Waals surface area contributed by atoms with E-state index in [4.69, 9.17) is 11.6 Å². The van der Waals surface area contributed by atoms with Crippen molar-refractivity contribution in [2.24, 2.45) is 0 Å². The lowest BCUT2D eigenvalue weighted by Crippen LogP contribution is -2.15. The number of para-hydroxylation sites is 1. The molecule has 128 valence electrons. The summed E-state index contributed by atoms with van der Waals surface area (Å²) in [5.74, 6) is 2.87. The van der Waals surface area contributed by atoms with Gasteiger partial charge in [0.15, 0.2) is 0 Å². The van der Waals surface area contributed by atoms with Crippen LogP contribution in [0.3, 0.4) is 0 Å². The fraction of sp³-hybridized carbons (Fsp3) is 0.400. The van der Waals surface area contributed by atoms with E-state index in [9.17, 15) is 5.11 Å². The van der Waals surface area contributed by atoms with Crippen molar-refractivity contribution in [3.8, 4) is 0 Å². The Morgan fingerprint density at radius 1 is 1.25 bits per heavy atom. The fourth-order valence-electron chi connectivity index (χ4n) is 3.61. The smallest absolute Gasteiger partial charge is 0.0437 e. The summed E-state index contributed by atoms with van der Waals surface area (Å²) < 4.78 is 0. The minimum atomic E-state index is 0.199. The average molecular weight is 362 g/mol. The van der Waals surface area contributed by atoms with E-state index in [-0.39, 0.29) is 6.61 Å². The molecule has 2 atom stereocenters. The van der Waals surface area contributed by atoms with Crippen LogP contribution in [-0.4, -0.2) is 24.0 Å². The molecule has 1 aliphatic rings. The normalized spacial score (nSPS) is 17.4. The predicted octanol–water partition coefficient (Wildman–Crippen LogP) is 5.27. The van der Waals surface area contributed by atoms with Crippen molar-refractivity contribution < 1.29 is 5.11 Å². The van der Waals surface area contributed by atoms with Gasteiger partial charge in [-0.05, 0) is 46.9 Å². The third kappa shape index (κ3) is 3.74. The number of aliphatic hydroxyl groups excluding tert-OH is 1. The van der Waals surface area contributed by atoms with Gasteiger partial charge >= 0.3 is 0 Å². The molecule has 24 heavy (non-hydrogen) atoms. The van der Waals surface area contributed by atoms with Crippen molar-refractivity contribution in [1.82, 2.24) is 0 Å². The van der Waals surface area contributed by atoms with Gasteiger partial charge in [-0.25, -0.2) is 0 Å². The van der Waals surface area contributed by atoms with Gasteiger partial charge in [0.05, 0.1) is 0 Å². The van der Waals surface area contributed by atoms with Gasteiger partial charge in [0.2, 0.25) is 0 Å². The maximum Gasteiger partial charge on any atom is 0.0437 e. The van der Waals surface area contributed by atoms with E-state index in [2.05, 4.69) is 42.6 Å². The average Bonchev–Trinajstić information content (AvgIpc) is 3.03. The quantitative estimate of drug-likeness (QED) is 0.704. The van der Waals surface area contributed by atoms with Crippen LogP contribution in [0, 0.1) is 0 Å². The number of hydrogen-bond acceptors (Lipinski definition) is 3. The minimum absolute atomic E-state index is 0.199. The number of nitrogens with one attached hydrogen (secondary N) is 1. The second-order valence-electron chi connectivity index (χ2n) is 6.18. The van der Waals surface area contributed by atoms with Crippen LogP contribution in [0.2, 0.25) is 5.02 Å². The molecule has 0 radical (unpaired) electrons. The molecule has 1 aliphatic heterocycles. The summed E-state index contributed by atoms with van der Waals surface area (Å²) in [7, 11) is 0. The fourth-order valence-corrected chi connectivity index (χ4v) is 4.40. The second-order valence-corrected chi connectivity index (χ2v) is 7.89. The molecule has 2 aromatic rings. The molecule has 0 spiro atoms. The SMILES string of the molecule is CCSCc1cccc2c1NCC2C(CCO)c1ccc(Cl)cc1. The van der Waals surface area contributed by atoms with Crippen molar-refractivity contribution in [2.45, 2.75) is 30.9 Å². The van der Waals surface area contributed by atoms with Crippen molar-refractivity contribution in [3.63, 3.8) is 0 Å². The highest BCUT2D eigenvalue weighted by Crippen LogP contribution is 2.44. The highest BCUT2D eigenvalue weighted by Gasteiger charge is 2.31. The largest absolute Gasteiger partial charge is 0.396 e. The van der Waals surface area contributed by atoms with E-state index >= 15 is 0 Å². The zero-order valence-corrected chi connectivity index (χ0v) is 15.5. The number of rotatable bonds is 7. The van der Waals surface area contributed by atoms with Crippen LogP contribution in [0.25, 0.3) is 0 Å². The van der Waals surface area contributed by atoms with Gasteiger partial charge in [-0.3, -0.25) is 0 Å². The van der Waals surface area contributed by atoms with Crippen LogP contribution in [0.1, 0.15) is 41.9 Å². The maximum absolute atomic E-state index is 9.58. The third-order valence-electron chi connectivity index (χ3n) is 4.77. The van der Waals surface area contributed by atoms with Crippen LogP contribution < -0.4 is 5.32 Å². The van der Waals surface area contributed by atoms with E-state index < -0.39 is 0 Å². The lowest BCUT2D eigenvalue weighted by Gasteiger charge is -2.24. The van der Waals surface area contributed by atoms with Crippen LogP contribution in [0.5, 0.6) is 0 Å². The van der Waals surface area contributed by atoms with E-state index in [1.54, 1.807) is 0 Å². The molecular formula is C20H24ClNOS.